The van der Waals surface area contributed by atoms with Crippen LogP contribution in [0.5, 0.6) is 0 Å². The molecule has 2 bridgehead atoms. The Bertz CT molecular complexity index is 411. The zero-order valence-electron chi connectivity index (χ0n) is 12.7. The highest BCUT2D eigenvalue weighted by Gasteiger charge is 2.63. The molecule has 3 aliphatic rings. The van der Waals surface area contributed by atoms with Gasteiger partial charge in [0.15, 0.2) is 0 Å². The third-order valence-corrected chi connectivity index (χ3v) is 6.83. The summed E-state index contributed by atoms with van der Waals surface area (Å²) in [7, 11) is 0. The van der Waals surface area contributed by atoms with Gasteiger partial charge in [0.2, 0.25) is 0 Å². The molecule has 3 rings (SSSR count). The first-order chi connectivity index (χ1) is 8.69. The first kappa shape index (κ1) is 13.4. The summed E-state index contributed by atoms with van der Waals surface area (Å²) in [4.78, 5) is 12.4. The molecule has 0 amide bonds. The molecule has 2 N–H and O–H groups in total. The van der Waals surface area contributed by atoms with Gasteiger partial charge in [0.05, 0.1) is 0 Å². The molecule has 0 aromatic rings. The highest BCUT2D eigenvalue weighted by molar-refractivity contribution is 5.81. The molecule has 0 spiro atoms. The Hall–Kier alpha value is -0.570. The van der Waals surface area contributed by atoms with Gasteiger partial charge in [-0.15, -0.1) is 0 Å². The van der Waals surface area contributed by atoms with E-state index in [-0.39, 0.29) is 22.9 Å². The van der Waals surface area contributed by atoms with Crippen molar-refractivity contribution in [1.82, 2.24) is 0 Å². The summed E-state index contributed by atoms with van der Waals surface area (Å²) in [5.74, 6) is 0.851. The van der Waals surface area contributed by atoms with Gasteiger partial charge in [-0.2, -0.15) is 0 Å². The monoisotopic (exact) mass is 265 g/mol. The van der Waals surface area contributed by atoms with Crippen LogP contribution in [0.15, 0.2) is 0 Å². The van der Waals surface area contributed by atoms with Crippen LogP contribution in [0, 0.1) is 22.7 Å². The Kier molecular flexibility index (Phi) is 2.65. The van der Waals surface area contributed by atoms with Crippen LogP contribution >= 0.6 is 0 Å². The van der Waals surface area contributed by atoms with E-state index >= 15 is 0 Å². The molecule has 0 saturated heterocycles. The maximum Gasteiger partial charge on any atom is 0.326 e. The first-order valence-corrected chi connectivity index (χ1v) is 7.69. The summed E-state index contributed by atoms with van der Waals surface area (Å²) in [6.07, 6.45) is 5.68. The zero-order valence-corrected chi connectivity index (χ0v) is 12.7. The lowest BCUT2D eigenvalue weighted by molar-refractivity contribution is -0.163. The van der Waals surface area contributed by atoms with Gasteiger partial charge in [-0.3, -0.25) is 4.79 Å². The fourth-order valence-corrected chi connectivity index (χ4v) is 4.41. The molecule has 3 nitrogen and oxygen atoms in total. The minimum atomic E-state index is -0.775. The highest BCUT2D eigenvalue weighted by Crippen LogP contribution is 2.66. The first-order valence-electron chi connectivity index (χ1n) is 7.69. The van der Waals surface area contributed by atoms with E-state index in [9.17, 15) is 4.79 Å². The normalized spacial score (nSPS) is 43.0. The van der Waals surface area contributed by atoms with Crippen molar-refractivity contribution >= 4 is 5.97 Å². The zero-order chi connectivity index (χ0) is 14.1. The standard InChI is InChI=1S/C16H27NO2/c1-14(2)11-7-8-15(14,3)12(9-11)19-13(18)16(4,17)10-5-6-10/h10-12H,5-9,17H2,1-4H3. The van der Waals surface area contributed by atoms with Crippen LogP contribution in [0.1, 0.15) is 59.8 Å². The van der Waals surface area contributed by atoms with Crippen molar-refractivity contribution in [3.63, 3.8) is 0 Å². The van der Waals surface area contributed by atoms with Gasteiger partial charge in [-0.25, -0.2) is 0 Å². The number of hydrogen-bond acceptors (Lipinski definition) is 3. The third kappa shape index (κ3) is 1.70. The average Bonchev–Trinajstić information content (AvgIpc) is 3.10. The van der Waals surface area contributed by atoms with Crippen LogP contribution in [-0.4, -0.2) is 17.6 Å². The van der Waals surface area contributed by atoms with Crippen LogP contribution in [-0.2, 0) is 9.53 Å². The quantitative estimate of drug-likeness (QED) is 0.798. The number of ether oxygens (including phenoxy) is 1. The fourth-order valence-electron chi connectivity index (χ4n) is 4.41. The molecular weight excluding hydrogens is 238 g/mol. The molecule has 0 aliphatic heterocycles. The molecule has 0 aromatic carbocycles. The largest absolute Gasteiger partial charge is 0.460 e. The van der Waals surface area contributed by atoms with Gasteiger partial charge >= 0.3 is 5.97 Å². The summed E-state index contributed by atoms with van der Waals surface area (Å²) >= 11 is 0. The lowest BCUT2D eigenvalue weighted by Gasteiger charge is -2.39. The Morgan fingerprint density at radius 2 is 1.89 bits per heavy atom. The van der Waals surface area contributed by atoms with Crippen molar-refractivity contribution in [2.24, 2.45) is 28.4 Å². The van der Waals surface area contributed by atoms with E-state index in [2.05, 4.69) is 20.8 Å². The fraction of sp³-hybridized carbons (Fsp3) is 0.938. The summed E-state index contributed by atoms with van der Waals surface area (Å²) in [6, 6.07) is 0. The number of carbonyl (C=O) groups excluding carboxylic acids is 1. The van der Waals surface area contributed by atoms with Crippen LogP contribution in [0.25, 0.3) is 0 Å². The van der Waals surface area contributed by atoms with Crippen LogP contribution < -0.4 is 5.73 Å². The van der Waals surface area contributed by atoms with E-state index in [4.69, 9.17) is 10.5 Å². The van der Waals surface area contributed by atoms with Crippen molar-refractivity contribution in [2.45, 2.75) is 71.4 Å². The molecule has 19 heavy (non-hydrogen) atoms. The average molecular weight is 265 g/mol. The molecule has 3 aliphatic carbocycles. The number of hydrogen-bond donors (Lipinski definition) is 1. The predicted molar refractivity (Wildman–Crippen MR) is 74.4 cm³/mol. The molecule has 108 valence electrons. The number of nitrogens with two attached hydrogens (primary N) is 1. The Morgan fingerprint density at radius 3 is 2.32 bits per heavy atom. The van der Waals surface area contributed by atoms with E-state index < -0.39 is 5.54 Å². The van der Waals surface area contributed by atoms with E-state index in [0.29, 0.717) is 11.8 Å². The van der Waals surface area contributed by atoms with E-state index in [1.807, 2.05) is 6.92 Å². The van der Waals surface area contributed by atoms with Crippen molar-refractivity contribution in [2.75, 3.05) is 0 Å². The van der Waals surface area contributed by atoms with Crippen molar-refractivity contribution in [3.05, 3.63) is 0 Å². The molecule has 3 fully saturated rings. The molecule has 0 aromatic heterocycles. The third-order valence-electron chi connectivity index (χ3n) is 6.83. The summed E-state index contributed by atoms with van der Waals surface area (Å²) in [6.45, 7) is 8.80. The molecule has 4 atom stereocenters. The summed E-state index contributed by atoms with van der Waals surface area (Å²) in [5.41, 5.74) is 5.81. The van der Waals surface area contributed by atoms with E-state index in [0.717, 1.165) is 19.3 Å². The van der Waals surface area contributed by atoms with Crippen LogP contribution in [0.2, 0.25) is 0 Å². The predicted octanol–water partition coefficient (Wildman–Crippen LogP) is 2.87. The topological polar surface area (TPSA) is 52.3 Å². The van der Waals surface area contributed by atoms with Gasteiger partial charge in [0.25, 0.3) is 0 Å². The molecule has 3 heteroatoms. The van der Waals surface area contributed by atoms with E-state index in [1.54, 1.807) is 0 Å². The van der Waals surface area contributed by atoms with E-state index in [1.165, 1.54) is 12.8 Å². The van der Waals surface area contributed by atoms with Crippen molar-refractivity contribution < 1.29 is 9.53 Å². The Morgan fingerprint density at radius 1 is 1.26 bits per heavy atom. The lowest BCUT2D eigenvalue weighted by atomic mass is 9.70. The summed E-state index contributed by atoms with van der Waals surface area (Å²) < 4.78 is 5.89. The smallest absolute Gasteiger partial charge is 0.326 e. The Labute approximate surface area is 116 Å². The van der Waals surface area contributed by atoms with Crippen molar-refractivity contribution in [3.8, 4) is 0 Å². The van der Waals surface area contributed by atoms with Crippen molar-refractivity contribution in [1.29, 1.82) is 0 Å². The lowest BCUT2D eigenvalue weighted by Crippen LogP contribution is -2.51. The van der Waals surface area contributed by atoms with Gasteiger partial charge in [0.1, 0.15) is 11.6 Å². The number of fused-ring (bicyclic) bond motifs is 2. The Balaban J connectivity index is 1.74. The SMILES string of the molecule is CC(N)(C(=O)OC1CC2CCC1(C)C2(C)C)C1CC1. The number of carbonyl (C=O) groups is 1. The second-order valence-electron chi connectivity index (χ2n) is 8.06. The summed E-state index contributed by atoms with van der Waals surface area (Å²) in [5, 5.41) is 0. The molecule has 0 radical (unpaired) electrons. The maximum atomic E-state index is 12.4. The molecule has 4 unspecified atom stereocenters. The number of esters is 1. The van der Waals surface area contributed by atoms with Gasteiger partial charge in [-0.1, -0.05) is 20.8 Å². The second kappa shape index (κ2) is 3.75. The molecule has 0 heterocycles. The van der Waals surface area contributed by atoms with Crippen LogP contribution in [0.3, 0.4) is 0 Å². The molecule has 3 saturated carbocycles. The van der Waals surface area contributed by atoms with Gasteiger partial charge in [-0.05, 0) is 56.3 Å². The molecular formula is C16H27NO2. The minimum Gasteiger partial charge on any atom is -0.460 e. The maximum absolute atomic E-state index is 12.4. The minimum absolute atomic E-state index is 0.0652. The number of rotatable bonds is 3. The van der Waals surface area contributed by atoms with Crippen LogP contribution in [0.4, 0.5) is 0 Å². The van der Waals surface area contributed by atoms with Gasteiger partial charge < -0.3 is 10.5 Å². The second-order valence-corrected chi connectivity index (χ2v) is 8.06. The highest BCUT2D eigenvalue weighted by atomic mass is 16.5. The van der Waals surface area contributed by atoms with Gasteiger partial charge in [0, 0.05) is 5.41 Å².